The lowest BCUT2D eigenvalue weighted by molar-refractivity contribution is -0.384. The van der Waals surface area contributed by atoms with Gasteiger partial charge in [-0.05, 0) is 47.6 Å². The van der Waals surface area contributed by atoms with Crippen LogP contribution in [0.3, 0.4) is 0 Å². The average Bonchev–Trinajstić information content (AvgIpc) is 2.43. The quantitative estimate of drug-likeness (QED) is 0.372. The number of halogens is 1. The Balaban J connectivity index is 2.01. The highest BCUT2D eigenvalue weighted by Crippen LogP contribution is 2.28. The first-order valence-corrected chi connectivity index (χ1v) is 7.48. The summed E-state index contributed by atoms with van der Waals surface area (Å²) in [5.41, 5.74) is 0.700. The van der Waals surface area contributed by atoms with E-state index in [1.807, 2.05) is 6.07 Å². The molecule has 1 heterocycles. The van der Waals surface area contributed by atoms with Crippen LogP contribution in [-0.2, 0) is 0 Å². The SMILES string of the molecule is N#CCN1CCC(Nc2ccc(I)cc2[N+](=O)[O-])CC1. The van der Waals surface area contributed by atoms with Crippen molar-refractivity contribution in [2.75, 3.05) is 25.0 Å². The van der Waals surface area contributed by atoms with Gasteiger partial charge in [-0.25, -0.2) is 0 Å². The minimum atomic E-state index is -0.352. The van der Waals surface area contributed by atoms with E-state index in [4.69, 9.17) is 5.26 Å². The summed E-state index contributed by atoms with van der Waals surface area (Å²) < 4.78 is 0.851. The van der Waals surface area contributed by atoms with E-state index in [9.17, 15) is 10.1 Å². The number of hydrogen-bond donors (Lipinski definition) is 1. The molecule has 0 bridgehead atoms. The number of nitrogens with zero attached hydrogens (tertiary/aromatic N) is 3. The molecular weight excluding hydrogens is 371 g/mol. The van der Waals surface area contributed by atoms with Crippen molar-refractivity contribution in [3.05, 3.63) is 31.9 Å². The molecule has 1 aromatic rings. The molecule has 0 amide bonds. The van der Waals surface area contributed by atoms with Gasteiger partial charge in [0, 0.05) is 28.8 Å². The van der Waals surface area contributed by atoms with Crippen LogP contribution in [0.1, 0.15) is 12.8 Å². The van der Waals surface area contributed by atoms with Crippen LogP contribution < -0.4 is 5.32 Å². The van der Waals surface area contributed by atoms with Gasteiger partial charge in [0.25, 0.3) is 5.69 Å². The van der Waals surface area contributed by atoms with E-state index in [0.717, 1.165) is 29.5 Å². The zero-order valence-corrected chi connectivity index (χ0v) is 13.0. The smallest absolute Gasteiger partial charge is 0.293 e. The molecule has 20 heavy (non-hydrogen) atoms. The largest absolute Gasteiger partial charge is 0.377 e. The van der Waals surface area contributed by atoms with Gasteiger partial charge in [-0.15, -0.1) is 0 Å². The number of nitro benzene ring substituents is 1. The van der Waals surface area contributed by atoms with Crippen molar-refractivity contribution < 1.29 is 4.92 Å². The summed E-state index contributed by atoms with van der Waals surface area (Å²) >= 11 is 2.07. The summed E-state index contributed by atoms with van der Waals surface area (Å²) in [6, 6.07) is 7.58. The van der Waals surface area contributed by atoms with Crippen LogP contribution in [0.15, 0.2) is 18.2 Å². The number of benzene rings is 1. The molecule has 0 aliphatic carbocycles. The van der Waals surface area contributed by atoms with Gasteiger partial charge in [0.1, 0.15) is 5.69 Å². The molecule has 0 atom stereocenters. The van der Waals surface area contributed by atoms with Crippen molar-refractivity contribution >= 4 is 34.0 Å². The summed E-state index contributed by atoms with van der Waals surface area (Å²) in [6.45, 7) is 2.16. The van der Waals surface area contributed by atoms with Crippen molar-refractivity contribution in [3.63, 3.8) is 0 Å². The molecule has 0 unspecified atom stereocenters. The van der Waals surface area contributed by atoms with Crippen molar-refractivity contribution in [2.24, 2.45) is 0 Å². The third-order valence-corrected chi connectivity index (χ3v) is 4.07. The van der Waals surface area contributed by atoms with E-state index in [1.165, 1.54) is 0 Å². The Morgan fingerprint density at radius 3 is 2.80 bits per heavy atom. The van der Waals surface area contributed by atoms with Crippen LogP contribution in [0, 0.1) is 25.0 Å². The third kappa shape index (κ3) is 3.80. The van der Waals surface area contributed by atoms with Gasteiger partial charge in [0.2, 0.25) is 0 Å². The highest BCUT2D eigenvalue weighted by Gasteiger charge is 2.22. The predicted molar refractivity (Wildman–Crippen MR) is 84.5 cm³/mol. The fourth-order valence-corrected chi connectivity index (χ4v) is 2.81. The van der Waals surface area contributed by atoms with Crippen molar-refractivity contribution in [3.8, 4) is 6.07 Å². The monoisotopic (exact) mass is 386 g/mol. The molecule has 6 nitrogen and oxygen atoms in total. The first-order chi connectivity index (χ1) is 9.60. The maximum atomic E-state index is 11.1. The summed E-state index contributed by atoms with van der Waals surface area (Å²) in [5, 5.41) is 23.0. The molecular formula is C13H15IN4O2. The van der Waals surface area contributed by atoms with E-state index in [1.54, 1.807) is 12.1 Å². The molecule has 1 fully saturated rings. The number of likely N-dealkylation sites (tertiary alicyclic amines) is 1. The van der Waals surface area contributed by atoms with Crippen LogP contribution in [0.25, 0.3) is 0 Å². The van der Waals surface area contributed by atoms with Crippen LogP contribution in [-0.4, -0.2) is 35.5 Å². The highest BCUT2D eigenvalue weighted by atomic mass is 127. The Morgan fingerprint density at radius 1 is 1.50 bits per heavy atom. The van der Waals surface area contributed by atoms with Crippen molar-refractivity contribution in [1.29, 1.82) is 5.26 Å². The van der Waals surface area contributed by atoms with E-state index in [2.05, 4.69) is 38.9 Å². The molecule has 1 aliphatic heterocycles. The normalized spacial score (nSPS) is 16.6. The second-order valence-corrected chi connectivity index (χ2v) is 6.02. The number of nitro groups is 1. The van der Waals surface area contributed by atoms with Crippen molar-refractivity contribution in [1.82, 2.24) is 4.90 Å². The second-order valence-electron chi connectivity index (χ2n) is 4.77. The third-order valence-electron chi connectivity index (χ3n) is 3.40. The zero-order valence-electron chi connectivity index (χ0n) is 10.9. The van der Waals surface area contributed by atoms with E-state index >= 15 is 0 Å². The Labute approximate surface area is 131 Å². The maximum Gasteiger partial charge on any atom is 0.293 e. The molecule has 1 aromatic carbocycles. The number of nitrogens with one attached hydrogen (secondary N) is 1. The Hall–Kier alpha value is -1.40. The zero-order chi connectivity index (χ0) is 14.5. The molecule has 0 spiro atoms. The molecule has 106 valence electrons. The van der Waals surface area contributed by atoms with Gasteiger partial charge < -0.3 is 5.32 Å². The topological polar surface area (TPSA) is 82.2 Å². The van der Waals surface area contributed by atoms with Crippen LogP contribution in [0.2, 0.25) is 0 Å². The molecule has 2 rings (SSSR count). The Kier molecular flexibility index (Phi) is 5.14. The highest BCUT2D eigenvalue weighted by molar-refractivity contribution is 14.1. The standard InChI is InChI=1S/C13H15IN4O2/c14-10-1-2-12(13(9-10)18(19)20)16-11-3-6-17(7-4-11)8-5-15/h1-2,9,11,16H,3-4,6-8H2. The minimum absolute atomic E-state index is 0.122. The van der Waals surface area contributed by atoms with E-state index in [-0.39, 0.29) is 16.7 Å². The lowest BCUT2D eigenvalue weighted by atomic mass is 10.0. The molecule has 0 saturated carbocycles. The molecule has 7 heteroatoms. The number of hydrogen-bond acceptors (Lipinski definition) is 5. The molecule has 1 N–H and O–H groups in total. The van der Waals surface area contributed by atoms with Gasteiger partial charge in [-0.2, -0.15) is 5.26 Å². The predicted octanol–water partition coefficient (Wildman–Crippen LogP) is 2.60. The van der Waals surface area contributed by atoms with E-state index < -0.39 is 0 Å². The fourth-order valence-electron chi connectivity index (χ4n) is 2.33. The fraction of sp³-hybridized carbons (Fsp3) is 0.462. The average molecular weight is 386 g/mol. The minimum Gasteiger partial charge on any atom is -0.377 e. The van der Waals surface area contributed by atoms with Gasteiger partial charge in [-0.1, -0.05) is 0 Å². The summed E-state index contributed by atoms with van der Waals surface area (Å²) in [5.74, 6) is 0. The molecule has 1 saturated heterocycles. The first-order valence-electron chi connectivity index (χ1n) is 6.40. The van der Waals surface area contributed by atoms with Gasteiger partial charge in [0.15, 0.2) is 0 Å². The van der Waals surface area contributed by atoms with Crippen LogP contribution in [0.5, 0.6) is 0 Å². The molecule has 0 aromatic heterocycles. The summed E-state index contributed by atoms with van der Waals surface area (Å²) in [7, 11) is 0. The summed E-state index contributed by atoms with van der Waals surface area (Å²) in [6.07, 6.45) is 1.79. The van der Waals surface area contributed by atoms with Gasteiger partial charge >= 0.3 is 0 Å². The van der Waals surface area contributed by atoms with E-state index in [0.29, 0.717) is 12.2 Å². The van der Waals surface area contributed by atoms with Crippen molar-refractivity contribution in [2.45, 2.75) is 18.9 Å². The molecule has 1 aliphatic rings. The Morgan fingerprint density at radius 2 is 2.20 bits per heavy atom. The second kappa shape index (κ2) is 6.85. The van der Waals surface area contributed by atoms with Gasteiger partial charge in [-0.3, -0.25) is 15.0 Å². The lowest BCUT2D eigenvalue weighted by Crippen LogP contribution is -2.39. The number of nitriles is 1. The maximum absolute atomic E-state index is 11.1. The van der Waals surface area contributed by atoms with Crippen LogP contribution >= 0.6 is 22.6 Å². The Bertz CT molecular complexity index is 536. The van der Waals surface area contributed by atoms with Crippen LogP contribution in [0.4, 0.5) is 11.4 Å². The first kappa shape index (κ1) is 15.0. The number of anilines is 1. The number of piperidine rings is 1. The van der Waals surface area contributed by atoms with Gasteiger partial charge in [0.05, 0.1) is 17.5 Å². The number of rotatable bonds is 4. The summed E-state index contributed by atoms with van der Waals surface area (Å²) in [4.78, 5) is 12.8. The lowest BCUT2D eigenvalue weighted by Gasteiger charge is -2.31. The molecule has 0 radical (unpaired) electrons.